The Morgan fingerprint density at radius 3 is 2.92 bits per heavy atom. The van der Waals surface area contributed by atoms with Gasteiger partial charge in [-0.3, -0.25) is 4.79 Å². The third-order valence-corrected chi connectivity index (χ3v) is 4.92. The molecular formula is C19H16N4O2S. The quantitative estimate of drug-likeness (QED) is 0.594. The van der Waals surface area contributed by atoms with E-state index >= 15 is 0 Å². The third-order valence-electron chi connectivity index (χ3n) is 4.02. The van der Waals surface area contributed by atoms with E-state index in [1.165, 1.54) is 6.20 Å². The zero-order valence-electron chi connectivity index (χ0n) is 14.3. The Hall–Kier alpha value is -3.19. The van der Waals surface area contributed by atoms with Crippen LogP contribution < -0.4 is 10.1 Å². The first kappa shape index (κ1) is 16.3. The molecule has 26 heavy (non-hydrogen) atoms. The van der Waals surface area contributed by atoms with Gasteiger partial charge in [-0.15, -0.1) is 11.3 Å². The van der Waals surface area contributed by atoms with Gasteiger partial charge in [0.05, 0.1) is 29.6 Å². The van der Waals surface area contributed by atoms with E-state index in [1.807, 2.05) is 48.7 Å². The number of carbonyl (C=O) groups is 1. The van der Waals surface area contributed by atoms with E-state index in [0.717, 1.165) is 16.1 Å². The van der Waals surface area contributed by atoms with Gasteiger partial charge in [0.2, 0.25) is 0 Å². The zero-order valence-corrected chi connectivity index (χ0v) is 15.1. The summed E-state index contributed by atoms with van der Waals surface area (Å²) in [4.78, 5) is 18.2. The molecule has 0 radical (unpaired) electrons. The minimum atomic E-state index is -0.278. The minimum Gasteiger partial charge on any atom is -0.495 e. The Labute approximate surface area is 154 Å². The second-order valence-electron chi connectivity index (χ2n) is 5.76. The summed E-state index contributed by atoms with van der Waals surface area (Å²) >= 11 is 1.61. The van der Waals surface area contributed by atoms with Gasteiger partial charge in [-0.2, -0.15) is 5.10 Å². The molecule has 6 nitrogen and oxygen atoms in total. The summed E-state index contributed by atoms with van der Waals surface area (Å²) in [6.45, 7) is 1.96. The van der Waals surface area contributed by atoms with E-state index in [1.54, 1.807) is 29.2 Å². The summed E-state index contributed by atoms with van der Waals surface area (Å²) < 4.78 is 7.01. The maximum Gasteiger partial charge on any atom is 0.261 e. The predicted octanol–water partition coefficient (Wildman–Crippen LogP) is 4.03. The van der Waals surface area contributed by atoms with Crippen molar-refractivity contribution < 1.29 is 9.53 Å². The topological polar surface area (TPSA) is 68.5 Å². The highest BCUT2D eigenvalue weighted by atomic mass is 32.1. The predicted molar refractivity (Wildman–Crippen MR) is 102 cm³/mol. The maximum absolute atomic E-state index is 12.8. The smallest absolute Gasteiger partial charge is 0.261 e. The first-order chi connectivity index (χ1) is 12.7. The van der Waals surface area contributed by atoms with E-state index in [2.05, 4.69) is 15.4 Å². The number of nitrogens with zero attached hydrogens (tertiary/aromatic N) is 3. The number of anilines is 1. The van der Waals surface area contributed by atoms with Crippen LogP contribution in [-0.4, -0.2) is 27.6 Å². The molecule has 0 aliphatic heterocycles. The number of carbonyl (C=O) groups excluding carboxylic acids is 1. The van der Waals surface area contributed by atoms with Crippen LogP contribution in [0, 0.1) is 6.92 Å². The van der Waals surface area contributed by atoms with Crippen molar-refractivity contribution in [2.45, 2.75) is 6.92 Å². The number of ether oxygens (including phenoxy) is 1. The van der Waals surface area contributed by atoms with Crippen molar-refractivity contribution in [3.8, 4) is 16.3 Å². The van der Waals surface area contributed by atoms with Crippen molar-refractivity contribution >= 4 is 28.6 Å². The molecule has 3 heterocycles. The Morgan fingerprint density at radius 2 is 2.15 bits per heavy atom. The Balaban J connectivity index is 1.73. The Morgan fingerprint density at radius 1 is 1.27 bits per heavy atom. The monoisotopic (exact) mass is 364 g/mol. The van der Waals surface area contributed by atoms with Gasteiger partial charge in [-0.1, -0.05) is 12.1 Å². The lowest BCUT2D eigenvalue weighted by atomic mass is 10.2. The zero-order chi connectivity index (χ0) is 18.1. The van der Waals surface area contributed by atoms with Crippen LogP contribution in [0.1, 0.15) is 15.9 Å². The van der Waals surface area contributed by atoms with Crippen LogP contribution in [-0.2, 0) is 0 Å². The van der Waals surface area contributed by atoms with Crippen LogP contribution in [0.5, 0.6) is 5.75 Å². The molecule has 0 atom stereocenters. The molecule has 1 amide bonds. The Kier molecular flexibility index (Phi) is 4.14. The second-order valence-corrected chi connectivity index (χ2v) is 6.71. The van der Waals surface area contributed by atoms with E-state index in [4.69, 9.17) is 4.74 Å². The van der Waals surface area contributed by atoms with Gasteiger partial charge < -0.3 is 10.1 Å². The number of aryl methyl sites for hydroxylation is 1. The average molecular weight is 364 g/mol. The number of methoxy groups -OCH3 is 1. The van der Waals surface area contributed by atoms with Crippen LogP contribution in [0.25, 0.3) is 16.2 Å². The van der Waals surface area contributed by atoms with Gasteiger partial charge in [0.15, 0.2) is 5.65 Å². The summed E-state index contributed by atoms with van der Waals surface area (Å²) in [6.07, 6.45) is 3.23. The van der Waals surface area contributed by atoms with Crippen molar-refractivity contribution in [3.05, 3.63) is 65.3 Å². The van der Waals surface area contributed by atoms with Crippen LogP contribution in [0.3, 0.4) is 0 Å². The van der Waals surface area contributed by atoms with Gasteiger partial charge in [0, 0.05) is 6.20 Å². The molecule has 3 aromatic heterocycles. The van der Waals surface area contributed by atoms with Crippen molar-refractivity contribution in [2.75, 3.05) is 12.4 Å². The van der Waals surface area contributed by atoms with Crippen LogP contribution in [0.2, 0.25) is 0 Å². The summed E-state index contributed by atoms with van der Waals surface area (Å²) in [5.74, 6) is 0.326. The fourth-order valence-electron chi connectivity index (χ4n) is 2.77. The standard InChI is InChI=1S/C19H16N4O2S/c1-12-5-6-16(25-2)14(10-12)22-19(24)13-11-21-23-15(7-8-20-18(13)23)17-4-3-9-26-17/h3-11H,1-2H3,(H,22,24). The fraction of sp³-hybridized carbons (Fsp3) is 0.105. The highest BCUT2D eigenvalue weighted by Gasteiger charge is 2.18. The molecule has 0 saturated carbocycles. The largest absolute Gasteiger partial charge is 0.495 e. The van der Waals surface area contributed by atoms with Gasteiger partial charge in [0.25, 0.3) is 5.91 Å². The van der Waals surface area contributed by atoms with Gasteiger partial charge in [-0.05, 0) is 42.1 Å². The Bertz CT molecular complexity index is 1090. The number of rotatable bonds is 4. The van der Waals surface area contributed by atoms with E-state index in [0.29, 0.717) is 22.6 Å². The molecule has 0 fully saturated rings. The summed E-state index contributed by atoms with van der Waals surface area (Å²) in [7, 11) is 1.57. The summed E-state index contributed by atoms with van der Waals surface area (Å²) in [6, 6.07) is 11.5. The summed E-state index contributed by atoms with van der Waals surface area (Å²) in [5, 5.41) is 9.27. The molecule has 0 unspecified atom stereocenters. The number of amides is 1. The molecule has 4 rings (SSSR count). The van der Waals surface area contributed by atoms with E-state index in [9.17, 15) is 4.79 Å². The van der Waals surface area contributed by atoms with Crippen molar-refractivity contribution in [1.29, 1.82) is 0 Å². The lowest BCUT2D eigenvalue weighted by Gasteiger charge is -2.10. The van der Waals surface area contributed by atoms with Crippen LogP contribution in [0.4, 0.5) is 5.69 Å². The number of aromatic nitrogens is 3. The van der Waals surface area contributed by atoms with Crippen molar-refractivity contribution in [1.82, 2.24) is 14.6 Å². The van der Waals surface area contributed by atoms with Gasteiger partial charge in [-0.25, -0.2) is 9.50 Å². The third kappa shape index (κ3) is 2.82. The van der Waals surface area contributed by atoms with Gasteiger partial charge >= 0.3 is 0 Å². The number of hydrogen-bond acceptors (Lipinski definition) is 5. The molecule has 4 aromatic rings. The van der Waals surface area contributed by atoms with E-state index < -0.39 is 0 Å². The van der Waals surface area contributed by atoms with Crippen molar-refractivity contribution in [2.24, 2.45) is 0 Å². The minimum absolute atomic E-state index is 0.278. The number of benzene rings is 1. The van der Waals surface area contributed by atoms with Crippen molar-refractivity contribution in [3.63, 3.8) is 0 Å². The van der Waals surface area contributed by atoms with Crippen LogP contribution >= 0.6 is 11.3 Å². The lowest BCUT2D eigenvalue weighted by Crippen LogP contribution is -2.13. The molecule has 1 aromatic carbocycles. The normalized spacial score (nSPS) is 10.8. The number of thiophene rings is 1. The average Bonchev–Trinajstić information content (AvgIpc) is 3.31. The van der Waals surface area contributed by atoms with Crippen LogP contribution in [0.15, 0.2) is 54.2 Å². The molecule has 1 N–H and O–H groups in total. The van der Waals surface area contributed by atoms with Gasteiger partial charge in [0.1, 0.15) is 11.3 Å². The molecule has 0 bridgehead atoms. The first-order valence-electron chi connectivity index (χ1n) is 8.00. The van der Waals surface area contributed by atoms with E-state index in [-0.39, 0.29) is 5.91 Å². The first-order valence-corrected chi connectivity index (χ1v) is 8.88. The molecule has 0 spiro atoms. The second kappa shape index (κ2) is 6.61. The molecule has 7 heteroatoms. The number of hydrogen-bond donors (Lipinski definition) is 1. The highest BCUT2D eigenvalue weighted by molar-refractivity contribution is 7.13. The molecule has 0 saturated heterocycles. The fourth-order valence-corrected chi connectivity index (χ4v) is 3.51. The molecule has 0 aliphatic carbocycles. The maximum atomic E-state index is 12.8. The molecule has 0 aliphatic rings. The molecule has 130 valence electrons. The number of nitrogens with one attached hydrogen (secondary N) is 1. The number of fused-ring (bicyclic) bond motifs is 1. The highest BCUT2D eigenvalue weighted by Crippen LogP contribution is 2.28. The SMILES string of the molecule is COc1ccc(C)cc1NC(=O)c1cnn2c(-c3cccs3)ccnc12. The summed E-state index contributed by atoms with van der Waals surface area (Å²) in [5.41, 5.74) is 3.47. The molecular weight excluding hydrogens is 348 g/mol. The lowest BCUT2D eigenvalue weighted by molar-refractivity contribution is 0.102.